The number of aromatic nitrogens is 2. The Bertz CT molecular complexity index is 844. The number of amides is 2. The third-order valence-electron chi connectivity index (χ3n) is 6.02. The standard InChI is InChI=1S/C20H28N6O2/c21-20(28)18-13-25(16-5-7-22-8-6-16)9-10-26(18)19(27)4-2-14-1-3-17-15(11-14)12-23-24-17/h1,3,11-12,16,18,22H,2,4-10,13H2,(H2,21,28)(H,23,24). The minimum Gasteiger partial charge on any atom is -0.368 e. The van der Waals surface area contributed by atoms with E-state index in [0.29, 0.717) is 32.0 Å². The maximum Gasteiger partial charge on any atom is 0.241 e. The summed E-state index contributed by atoms with van der Waals surface area (Å²) in [5.41, 5.74) is 7.74. The van der Waals surface area contributed by atoms with Crippen LogP contribution in [0.2, 0.25) is 0 Å². The van der Waals surface area contributed by atoms with Gasteiger partial charge < -0.3 is 16.0 Å². The summed E-state index contributed by atoms with van der Waals surface area (Å²) in [6, 6.07) is 5.97. The molecule has 1 unspecified atom stereocenters. The van der Waals surface area contributed by atoms with Crippen molar-refractivity contribution in [1.29, 1.82) is 0 Å². The fourth-order valence-corrected chi connectivity index (χ4v) is 4.39. The van der Waals surface area contributed by atoms with Crippen LogP contribution in [0.1, 0.15) is 24.8 Å². The zero-order valence-corrected chi connectivity index (χ0v) is 16.1. The third-order valence-corrected chi connectivity index (χ3v) is 6.02. The second kappa shape index (κ2) is 8.28. The summed E-state index contributed by atoms with van der Waals surface area (Å²) < 4.78 is 0. The third kappa shape index (κ3) is 4.02. The molecule has 1 atom stereocenters. The molecule has 4 rings (SSSR count). The normalized spacial score (nSPS) is 21.9. The molecule has 2 aromatic rings. The minimum atomic E-state index is -0.535. The summed E-state index contributed by atoms with van der Waals surface area (Å²) >= 11 is 0. The van der Waals surface area contributed by atoms with E-state index < -0.39 is 11.9 Å². The number of nitrogens with one attached hydrogen (secondary N) is 2. The van der Waals surface area contributed by atoms with E-state index in [2.05, 4.69) is 20.4 Å². The van der Waals surface area contributed by atoms with Crippen LogP contribution in [0.25, 0.3) is 10.9 Å². The van der Waals surface area contributed by atoms with Crippen molar-refractivity contribution < 1.29 is 9.59 Å². The predicted octanol–water partition coefficient (Wildman–Crippen LogP) is 0.246. The molecule has 2 aliphatic rings. The van der Waals surface area contributed by atoms with Crippen LogP contribution < -0.4 is 11.1 Å². The van der Waals surface area contributed by atoms with Crippen molar-refractivity contribution in [3.63, 3.8) is 0 Å². The summed E-state index contributed by atoms with van der Waals surface area (Å²) in [6.45, 7) is 3.93. The number of aromatic amines is 1. The topological polar surface area (TPSA) is 107 Å². The summed E-state index contributed by atoms with van der Waals surface area (Å²) in [4.78, 5) is 29.0. The van der Waals surface area contributed by atoms with E-state index >= 15 is 0 Å². The fourth-order valence-electron chi connectivity index (χ4n) is 4.39. The van der Waals surface area contributed by atoms with Gasteiger partial charge in [0.15, 0.2) is 0 Å². The molecule has 0 aliphatic carbocycles. The van der Waals surface area contributed by atoms with Gasteiger partial charge in [-0.3, -0.25) is 19.6 Å². The summed E-state index contributed by atoms with van der Waals surface area (Å²) in [7, 11) is 0. The first-order chi connectivity index (χ1) is 13.6. The quantitative estimate of drug-likeness (QED) is 0.685. The molecule has 0 bridgehead atoms. The molecule has 0 spiro atoms. The van der Waals surface area contributed by atoms with Crippen LogP contribution in [0.3, 0.4) is 0 Å². The first-order valence-corrected chi connectivity index (χ1v) is 10.1. The molecule has 2 saturated heterocycles. The van der Waals surface area contributed by atoms with Crippen molar-refractivity contribution in [2.75, 3.05) is 32.7 Å². The van der Waals surface area contributed by atoms with Gasteiger partial charge in [-0.25, -0.2) is 0 Å². The zero-order valence-electron chi connectivity index (χ0n) is 16.1. The lowest BCUT2D eigenvalue weighted by molar-refractivity contribution is -0.143. The summed E-state index contributed by atoms with van der Waals surface area (Å²) in [5, 5.41) is 11.4. The smallest absolute Gasteiger partial charge is 0.241 e. The molecule has 3 heterocycles. The van der Waals surface area contributed by atoms with Gasteiger partial charge in [0.25, 0.3) is 0 Å². The van der Waals surface area contributed by atoms with Gasteiger partial charge >= 0.3 is 0 Å². The Kier molecular flexibility index (Phi) is 5.59. The largest absolute Gasteiger partial charge is 0.368 e. The van der Waals surface area contributed by atoms with Crippen molar-refractivity contribution in [3.8, 4) is 0 Å². The Morgan fingerprint density at radius 1 is 1.21 bits per heavy atom. The Morgan fingerprint density at radius 3 is 2.82 bits per heavy atom. The van der Waals surface area contributed by atoms with Gasteiger partial charge in [0.1, 0.15) is 6.04 Å². The van der Waals surface area contributed by atoms with Gasteiger partial charge in [-0.15, -0.1) is 0 Å². The monoisotopic (exact) mass is 384 g/mol. The molecule has 2 aliphatic heterocycles. The molecular weight excluding hydrogens is 356 g/mol. The van der Waals surface area contributed by atoms with E-state index in [-0.39, 0.29) is 5.91 Å². The lowest BCUT2D eigenvalue weighted by Crippen LogP contribution is -2.62. The molecule has 8 nitrogen and oxygen atoms in total. The van der Waals surface area contributed by atoms with Crippen molar-refractivity contribution in [3.05, 3.63) is 30.0 Å². The molecule has 28 heavy (non-hydrogen) atoms. The molecule has 150 valence electrons. The van der Waals surface area contributed by atoms with E-state index in [0.717, 1.165) is 48.9 Å². The average Bonchev–Trinajstić information content (AvgIpc) is 3.20. The Hall–Kier alpha value is -2.45. The van der Waals surface area contributed by atoms with E-state index in [1.165, 1.54) is 0 Å². The number of hydrogen-bond acceptors (Lipinski definition) is 5. The molecule has 2 fully saturated rings. The number of piperazine rings is 1. The molecule has 0 saturated carbocycles. The van der Waals surface area contributed by atoms with E-state index in [1.807, 2.05) is 18.2 Å². The lowest BCUT2D eigenvalue weighted by Gasteiger charge is -2.44. The van der Waals surface area contributed by atoms with Crippen molar-refractivity contribution in [1.82, 2.24) is 25.3 Å². The zero-order chi connectivity index (χ0) is 19.5. The number of hydrogen-bond donors (Lipinski definition) is 3. The molecule has 1 aromatic heterocycles. The Labute approximate surface area is 164 Å². The SMILES string of the molecule is NC(=O)C1CN(C2CCNCC2)CCN1C(=O)CCc1ccc2[nH]ncc2c1. The van der Waals surface area contributed by atoms with Crippen LogP contribution in [0.15, 0.2) is 24.4 Å². The highest BCUT2D eigenvalue weighted by Crippen LogP contribution is 2.20. The maximum atomic E-state index is 12.9. The number of carbonyl (C=O) groups is 2. The molecular formula is C20H28N6O2. The van der Waals surface area contributed by atoms with Gasteiger partial charge in [-0.1, -0.05) is 6.07 Å². The van der Waals surface area contributed by atoms with Gasteiger partial charge in [0, 0.05) is 37.5 Å². The Morgan fingerprint density at radius 2 is 2.04 bits per heavy atom. The number of primary amides is 1. The first-order valence-electron chi connectivity index (χ1n) is 10.1. The summed E-state index contributed by atoms with van der Waals surface area (Å²) in [5.74, 6) is -0.409. The highest BCUT2D eigenvalue weighted by molar-refractivity contribution is 5.87. The Balaban J connectivity index is 1.37. The second-order valence-corrected chi connectivity index (χ2v) is 7.77. The molecule has 2 amide bonds. The minimum absolute atomic E-state index is 0.000974. The highest BCUT2D eigenvalue weighted by Gasteiger charge is 2.36. The number of H-pyrrole nitrogens is 1. The second-order valence-electron chi connectivity index (χ2n) is 7.77. The van der Waals surface area contributed by atoms with Gasteiger partial charge in [0.05, 0.1) is 11.7 Å². The molecule has 8 heteroatoms. The van der Waals surface area contributed by atoms with Crippen LogP contribution in [0.4, 0.5) is 0 Å². The van der Waals surface area contributed by atoms with Crippen molar-refractivity contribution in [2.45, 2.75) is 37.8 Å². The van der Waals surface area contributed by atoms with Gasteiger partial charge in [-0.2, -0.15) is 5.10 Å². The van der Waals surface area contributed by atoms with Crippen LogP contribution in [0, 0.1) is 0 Å². The summed E-state index contributed by atoms with van der Waals surface area (Å²) in [6.07, 6.45) is 4.95. The van der Waals surface area contributed by atoms with Gasteiger partial charge in [0.2, 0.25) is 11.8 Å². The molecule has 0 radical (unpaired) electrons. The number of rotatable bonds is 5. The lowest BCUT2D eigenvalue weighted by atomic mass is 10.0. The number of aryl methyl sites for hydroxylation is 1. The van der Waals surface area contributed by atoms with Gasteiger partial charge in [-0.05, 0) is 50.0 Å². The number of piperidine rings is 1. The molecule has 4 N–H and O–H groups in total. The van der Waals surface area contributed by atoms with E-state index in [4.69, 9.17) is 5.73 Å². The van der Waals surface area contributed by atoms with Crippen molar-refractivity contribution >= 4 is 22.7 Å². The van der Waals surface area contributed by atoms with Crippen LogP contribution >= 0.6 is 0 Å². The predicted molar refractivity (Wildman–Crippen MR) is 107 cm³/mol. The average molecular weight is 384 g/mol. The van der Waals surface area contributed by atoms with E-state index in [9.17, 15) is 9.59 Å². The number of carbonyl (C=O) groups excluding carboxylic acids is 2. The van der Waals surface area contributed by atoms with Crippen LogP contribution in [-0.4, -0.2) is 76.6 Å². The fraction of sp³-hybridized carbons (Fsp3) is 0.550. The highest BCUT2D eigenvalue weighted by atomic mass is 16.2. The van der Waals surface area contributed by atoms with E-state index in [1.54, 1.807) is 11.1 Å². The number of nitrogens with zero attached hydrogens (tertiary/aromatic N) is 3. The van der Waals surface area contributed by atoms with Crippen LogP contribution in [-0.2, 0) is 16.0 Å². The number of benzene rings is 1. The first kappa shape index (κ1) is 18.9. The maximum absolute atomic E-state index is 12.9. The number of fused-ring (bicyclic) bond motifs is 1. The van der Waals surface area contributed by atoms with Crippen LogP contribution in [0.5, 0.6) is 0 Å². The molecule has 1 aromatic carbocycles. The number of nitrogens with two attached hydrogens (primary N) is 1. The van der Waals surface area contributed by atoms with Crippen molar-refractivity contribution in [2.24, 2.45) is 5.73 Å².